The van der Waals surface area contributed by atoms with Crippen LogP contribution in [0.3, 0.4) is 0 Å². The van der Waals surface area contributed by atoms with Gasteiger partial charge in [-0.2, -0.15) is 0 Å². The van der Waals surface area contributed by atoms with Gasteiger partial charge in [0.2, 0.25) is 0 Å². The number of aliphatic imine (C=N–C) groups is 1. The van der Waals surface area contributed by atoms with Gasteiger partial charge in [0, 0.05) is 13.2 Å². The van der Waals surface area contributed by atoms with E-state index in [9.17, 15) is 0 Å². The van der Waals surface area contributed by atoms with Crippen LogP contribution in [0.2, 0.25) is 0 Å². The molecule has 0 amide bonds. The Morgan fingerprint density at radius 2 is 2.25 bits per heavy atom. The summed E-state index contributed by atoms with van der Waals surface area (Å²) < 4.78 is 5.77. The number of aryl methyl sites for hydroxylation is 1. The van der Waals surface area contributed by atoms with E-state index in [0.717, 1.165) is 32.5 Å². The predicted molar refractivity (Wildman–Crippen MR) is 80.7 cm³/mol. The van der Waals surface area contributed by atoms with Crippen molar-refractivity contribution in [3.05, 3.63) is 35.4 Å². The summed E-state index contributed by atoms with van der Waals surface area (Å²) in [5.74, 6) is 0.645. The summed E-state index contributed by atoms with van der Waals surface area (Å²) in [6.45, 7) is 6.81. The van der Waals surface area contributed by atoms with Gasteiger partial charge in [-0.15, -0.1) is 0 Å². The zero-order valence-corrected chi connectivity index (χ0v) is 12.3. The molecular formula is C16H23N3O. The molecule has 108 valence electrons. The lowest BCUT2D eigenvalue weighted by Gasteiger charge is -2.38. The van der Waals surface area contributed by atoms with Crippen LogP contribution in [0, 0.1) is 6.92 Å². The topological polar surface area (TPSA) is 50.8 Å². The predicted octanol–water partition coefficient (Wildman–Crippen LogP) is 2.02. The van der Waals surface area contributed by atoms with E-state index in [1.54, 1.807) is 0 Å². The van der Waals surface area contributed by atoms with Crippen LogP contribution >= 0.6 is 0 Å². The Balaban J connectivity index is 1.89. The van der Waals surface area contributed by atoms with Gasteiger partial charge in [-0.3, -0.25) is 4.99 Å². The zero-order chi connectivity index (χ0) is 14.2. The van der Waals surface area contributed by atoms with Gasteiger partial charge in [0.15, 0.2) is 5.96 Å². The molecule has 20 heavy (non-hydrogen) atoms. The van der Waals surface area contributed by atoms with E-state index >= 15 is 0 Å². The van der Waals surface area contributed by atoms with Gasteiger partial charge in [0.05, 0.1) is 18.2 Å². The number of nitrogens with zero attached hydrogens (tertiary/aromatic N) is 2. The number of hydrogen-bond acceptors (Lipinski definition) is 4. The van der Waals surface area contributed by atoms with Crippen molar-refractivity contribution < 1.29 is 4.74 Å². The normalized spacial score (nSPS) is 29.8. The minimum atomic E-state index is -0.151. The van der Waals surface area contributed by atoms with Gasteiger partial charge in [0.25, 0.3) is 0 Å². The Labute approximate surface area is 120 Å². The van der Waals surface area contributed by atoms with Gasteiger partial charge in [-0.1, -0.05) is 24.3 Å². The minimum Gasteiger partial charge on any atom is -0.376 e. The van der Waals surface area contributed by atoms with Crippen molar-refractivity contribution in [3.8, 4) is 0 Å². The maximum Gasteiger partial charge on any atom is 0.192 e. The van der Waals surface area contributed by atoms with E-state index < -0.39 is 0 Å². The van der Waals surface area contributed by atoms with Crippen molar-refractivity contribution in [1.82, 2.24) is 4.90 Å². The third-order valence-corrected chi connectivity index (χ3v) is 4.56. The highest BCUT2D eigenvalue weighted by Crippen LogP contribution is 2.35. The lowest BCUT2D eigenvalue weighted by atomic mass is 9.87. The van der Waals surface area contributed by atoms with E-state index in [2.05, 4.69) is 48.0 Å². The Hall–Kier alpha value is -1.55. The van der Waals surface area contributed by atoms with Gasteiger partial charge >= 0.3 is 0 Å². The minimum absolute atomic E-state index is 0.151. The average Bonchev–Trinajstić information content (AvgIpc) is 3.04. The quantitative estimate of drug-likeness (QED) is 0.916. The summed E-state index contributed by atoms with van der Waals surface area (Å²) in [5.41, 5.74) is 8.59. The largest absolute Gasteiger partial charge is 0.376 e. The van der Waals surface area contributed by atoms with Gasteiger partial charge in [-0.05, 0) is 37.8 Å². The monoisotopic (exact) mass is 273 g/mol. The molecule has 0 aliphatic carbocycles. The molecule has 1 saturated heterocycles. The lowest BCUT2D eigenvalue weighted by Crippen LogP contribution is -2.50. The molecule has 0 spiro atoms. The molecule has 2 N–H and O–H groups in total. The van der Waals surface area contributed by atoms with Crippen LogP contribution in [0.4, 0.5) is 0 Å². The van der Waals surface area contributed by atoms with E-state index in [0.29, 0.717) is 5.96 Å². The van der Waals surface area contributed by atoms with Crippen molar-refractivity contribution in [2.75, 3.05) is 19.7 Å². The number of rotatable bonds is 3. The molecule has 0 radical (unpaired) electrons. The molecule has 4 heteroatoms. The van der Waals surface area contributed by atoms with E-state index in [-0.39, 0.29) is 11.6 Å². The number of nitrogens with two attached hydrogens (primary N) is 1. The molecule has 0 aromatic heterocycles. The molecule has 0 saturated carbocycles. The number of benzene rings is 1. The van der Waals surface area contributed by atoms with Crippen molar-refractivity contribution in [2.24, 2.45) is 10.7 Å². The molecule has 1 aromatic rings. The highest BCUT2D eigenvalue weighted by atomic mass is 16.5. The maximum atomic E-state index is 6.14. The van der Waals surface area contributed by atoms with Crippen LogP contribution < -0.4 is 5.73 Å². The molecule has 2 aliphatic heterocycles. The summed E-state index contributed by atoms with van der Waals surface area (Å²) in [6.07, 6.45) is 2.55. The number of guanidine groups is 1. The van der Waals surface area contributed by atoms with Crippen molar-refractivity contribution in [3.63, 3.8) is 0 Å². The molecule has 4 nitrogen and oxygen atoms in total. The Kier molecular flexibility index (Phi) is 3.42. The van der Waals surface area contributed by atoms with Crippen LogP contribution in [-0.2, 0) is 10.3 Å². The summed E-state index contributed by atoms with van der Waals surface area (Å²) in [7, 11) is 0. The zero-order valence-electron chi connectivity index (χ0n) is 12.3. The summed E-state index contributed by atoms with van der Waals surface area (Å²) >= 11 is 0. The third kappa shape index (κ3) is 2.18. The van der Waals surface area contributed by atoms with Crippen molar-refractivity contribution in [1.29, 1.82) is 0 Å². The van der Waals surface area contributed by atoms with Crippen LogP contribution in [-0.4, -0.2) is 36.7 Å². The average molecular weight is 273 g/mol. The molecule has 1 fully saturated rings. The highest BCUT2D eigenvalue weighted by Gasteiger charge is 2.41. The van der Waals surface area contributed by atoms with Crippen molar-refractivity contribution in [2.45, 2.75) is 38.3 Å². The Bertz CT molecular complexity index is 522. The first-order chi connectivity index (χ1) is 9.61. The fourth-order valence-corrected chi connectivity index (χ4v) is 3.35. The Morgan fingerprint density at radius 1 is 1.45 bits per heavy atom. The second-order valence-corrected chi connectivity index (χ2v) is 6.01. The standard InChI is InChI=1S/C16H23N3O/c1-12-6-3-4-8-14(12)16(2)11-18-15(17)19(16)10-13-7-5-9-20-13/h3-4,6,8,13H,5,7,9-11H2,1-2H3,(H2,17,18). The fourth-order valence-electron chi connectivity index (χ4n) is 3.35. The summed E-state index contributed by atoms with van der Waals surface area (Å²) in [5, 5.41) is 0. The lowest BCUT2D eigenvalue weighted by molar-refractivity contribution is 0.0689. The van der Waals surface area contributed by atoms with Gasteiger partial charge in [0.1, 0.15) is 0 Å². The molecule has 1 aromatic carbocycles. The first-order valence-corrected chi connectivity index (χ1v) is 7.36. The van der Waals surface area contributed by atoms with Crippen LogP contribution in [0.15, 0.2) is 29.3 Å². The molecule has 3 rings (SSSR count). The summed E-state index contributed by atoms with van der Waals surface area (Å²) in [4.78, 5) is 6.72. The van der Waals surface area contributed by atoms with E-state index in [1.807, 2.05) is 0 Å². The van der Waals surface area contributed by atoms with E-state index in [4.69, 9.17) is 10.5 Å². The Morgan fingerprint density at radius 3 is 2.95 bits per heavy atom. The van der Waals surface area contributed by atoms with E-state index in [1.165, 1.54) is 11.1 Å². The molecule has 2 heterocycles. The first-order valence-electron chi connectivity index (χ1n) is 7.36. The van der Waals surface area contributed by atoms with Crippen LogP contribution in [0.5, 0.6) is 0 Å². The van der Waals surface area contributed by atoms with Crippen molar-refractivity contribution >= 4 is 5.96 Å². The second-order valence-electron chi connectivity index (χ2n) is 6.01. The SMILES string of the molecule is Cc1ccccc1C1(C)CN=C(N)N1CC1CCCO1. The molecule has 2 aliphatic rings. The number of hydrogen-bond donors (Lipinski definition) is 1. The van der Waals surface area contributed by atoms with Crippen LogP contribution in [0.25, 0.3) is 0 Å². The summed E-state index contributed by atoms with van der Waals surface area (Å²) in [6, 6.07) is 8.50. The fraction of sp³-hybridized carbons (Fsp3) is 0.562. The second kappa shape index (κ2) is 5.09. The third-order valence-electron chi connectivity index (χ3n) is 4.56. The maximum absolute atomic E-state index is 6.14. The molecular weight excluding hydrogens is 250 g/mol. The smallest absolute Gasteiger partial charge is 0.192 e. The highest BCUT2D eigenvalue weighted by molar-refractivity contribution is 5.81. The van der Waals surface area contributed by atoms with Gasteiger partial charge in [-0.25, -0.2) is 0 Å². The van der Waals surface area contributed by atoms with Crippen LogP contribution in [0.1, 0.15) is 30.9 Å². The first kappa shape index (κ1) is 13.4. The molecule has 2 atom stereocenters. The van der Waals surface area contributed by atoms with Gasteiger partial charge < -0.3 is 15.4 Å². The number of ether oxygens (including phenoxy) is 1. The molecule has 2 unspecified atom stereocenters. The molecule has 0 bridgehead atoms.